The van der Waals surface area contributed by atoms with E-state index in [2.05, 4.69) is 4.98 Å². The Balaban J connectivity index is 2.05. The molecular formula is C16H20BNO4. The zero-order valence-corrected chi connectivity index (χ0v) is 13.5. The number of ether oxygens (including phenoxy) is 1. The van der Waals surface area contributed by atoms with E-state index in [0.717, 1.165) is 16.4 Å². The third-order valence-corrected chi connectivity index (χ3v) is 4.61. The number of nitrogens with one attached hydrogen (secondary N) is 1. The Bertz CT molecular complexity index is 719. The van der Waals surface area contributed by atoms with Crippen LogP contribution in [0.15, 0.2) is 24.3 Å². The largest absolute Gasteiger partial charge is 0.495 e. The van der Waals surface area contributed by atoms with E-state index in [1.165, 1.54) is 7.11 Å². The number of aromatic nitrogens is 1. The summed E-state index contributed by atoms with van der Waals surface area (Å²) in [6.07, 6.45) is 0. The standard InChI is InChI=1S/C16H20BNO4/c1-15(2)16(3,4)22-17(21-15)11-7-6-8-12-10(11)9-13(18-12)14(19)20-5/h6-9,18H,1-5H3. The minimum absolute atomic E-state index is 0.393. The van der Waals surface area contributed by atoms with E-state index in [1.54, 1.807) is 6.07 Å². The Morgan fingerprint density at radius 1 is 1.18 bits per heavy atom. The van der Waals surface area contributed by atoms with Crippen molar-refractivity contribution in [3.8, 4) is 0 Å². The highest BCUT2D eigenvalue weighted by molar-refractivity contribution is 6.65. The molecule has 1 aromatic heterocycles. The zero-order valence-electron chi connectivity index (χ0n) is 13.5. The number of aromatic amines is 1. The van der Waals surface area contributed by atoms with Gasteiger partial charge in [-0.05, 0) is 45.3 Å². The van der Waals surface area contributed by atoms with E-state index in [4.69, 9.17) is 14.0 Å². The second-order valence-electron chi connectivity index (χ2n) is 6.57. The van der Waals surface area contributed by atoms with E-state index >= 15 is 0 Å². The van der Waals surface area contributed by atoms with Crippen molar-refractivity contribution < 1.29 is 18.8 Å². The first-order valence-electron chi connectivity index (χ1n) is 7.31. The predicted octanol–water partition coefficient (Wildman–Crippen LogP) is 2.25. The molecule has 0 radical (unpaired) electrons. The molecule has 0 atom stereocenters. The highest BCUT2D eigenvalue weighted by Crippen LogP contribution is 2.37. The molecule has 22 heavy (non-hydrogen) atoms. The smallest absolute Gasteiger partial charge is 0.464 e. The number of methoxy groups -OCH3 is 1. The third kappa shape index (κ3) is 2.23. The number of carbonyl (C=O) groups is 1. The van der Waals surface area contributed by atoms with Crippen LogP contribution in [-0.2, 0) is 14.0 Å². The Hall–Kier alpha value is -1.79. The Kier molecular flexibility index (Phi) is 3.34. The van der Waals surface area contributed by atoms with E-state index in [9.17, 15) is 4.79 Å². The maximum atomic E-state index is 11.7. The molecule has 116 valence electrons. The van der Waals surface area contributed by atoms with Crippen molar-refractivity contribution in [2.24, 2.45) is 0 Å². The average Bonchev–Trinajstić information content (AvgIpc) is 2.96. The van der Waals surface area contributed by atoms with Crippen molar-refractivity contribution in [3.63, 3.8) is 0 Å². The number of carbonyl (C=O) groups excluding carboxylic acids is 1. The van der Waals surface area contributed by atoms with Crippen LogP contribution >= 0.6 is 0 Å². The number of benzene rings is 1. The second kappa shape index (κ2) is 4.86. The number of esters is 1. The summed E-state index contributed by atoms with van der Waals surface area (Å²) in [5.74, 6) is -0.393. The van der Waals surface area contributed by atoms with Crippen LogP contribution in [0.4, 0.5) is 0 Å². The maximum Gasteiger partial charge on any atom is 0.495 e. The number of rotatable bonds is 2. The number of hydrogen-bond acceptors (Lipinski definition) is 4. The summed E-state index contributed by atoms with van der Waals surface area (Å²) in [6, 6.07) is 7.57. The fraction of sp³-hybridized carbons (Fsp3) is 0.438. The van der Waals surface area contributed by atoms with Gasteiger partial charge in [0.25, 0.3) is 0 Å². The highest BCUT2D eigenvalue weighted by Gasteiger charge is 2.52. The van der Waals surface area contributed by atoms with Gasteiger partial charge in [-0.1, -0.05) is 12.1 Å². The SMILES string of the molecule is COC(=O)c1cc2c(B3OC(C)(C)C(C)(C)O3)cccc2[nH]1. The van der Waals surface area contributed by atoms with E-state index in [0.29, 0.717) is 5.69 Å². The van der Waals surface area contributed by atoms with Gasteiger partial charge in [0.05, 0.1) is 18.3 Å². The lowest BCUT2D eigenvalue weighted by molar-refractivity contribution is 0.00578. The molecule has 3 rings (SSSR count). The van der Waals surface area contributed by atoms with Crippen molar-refractivity contribution in [2.75, 3.05) is 7.11 Å². The molecule has 2 aromatic rings. The van der Waals surface area contributed by atoms with Crippen molar-refractivity contribution in [2.45, 2.75) is 38.9 Å². The monoisotopic (exact) mass is 301 g/mol. The number of hydrogen-bond donors (Lipinski definition) is 1. The Morgan fingerprint density at radius 3 is 2.41 bits per heavy atom. The summed E-state index contributed by atoms with van der Waals surface area (Å²) in [5, 5.41) is 0.904. The van der Waals surface area contributed by atoms with Crippen LogP contribution in [0.3, 0.4) is 0 Å². The lowest BCUT2D eigenvalue weighted by Crippen LogP contribution is -2.41. The molecule has 1 fully saturated rings. The molecule has 0 aliphatic carbocycles. The lowest BCUT2D eigenvalue weighted by atomic mass is 9.77. The molecule has 1 aliphatic heterocycles. The van der Waals surface area contributed by atoms with Crippen molar-refractivity contribution >= 4 is 29.5 Å². The number of fused-ring (bicyclic) bond motifs is 1. The van der Waals surface area contributed by atoms with Gasteiger partial charge in [-0.2, -0.15) is 0 Å². The summed E-state index contributed by atoms with van der Waals surface area (Å²) in [7, 11) is 0.901. The number of H-pyrrole nitrogens is 1. The first kappa shape index (κ1) is 15.1. The van der Waals surface area contributed by atoms with Gasteiger partial charge in [0.15, 0.2) is 0 Å². The van der Waals surface area contributed by atoms with Crippen LogP contribution in [-0.4, -0.2) is 36.4 Å². The molecule has 1 N–H and O–H groups in total. The Labute approximate surface area is 130 Å². The van der Waals surface area contributed by atoms with Crippen molar-refractivity contribution in [3.05, 3.63) is 30.0 Å². The molecule has 0 spiro atoms. The topological polar surface area (TPSA) is 60.6 Å². The zero-order chi connectivity index (χ0) is 16.1. The van der Waals surface area contributed by atoms with Crippen LogP contribution in [0.1, 0.15) is 38.2 Å². The van der Waals surface area contributed by atoms with Gasteiger partial charge >= 0.3 is 13.1 Å². The van der Waals surface area contributed by atoms with Gasteiger partial charge in [-0.3, -0.25) is 0 Å². The minimum atomic E-state index is -0.463. The normalized spacial score (nSPS) is 19.6. The first-order valence-corrected chi connectivity index (χ1v) is 7.31. The van der Waals surface area contributed by atoms with Gasteiger partial charge in [0.2, 0.25) is 0 Å². The maximum absolute atomic E-state index is 11.7. The quantitative estimate of drug-likeness (QED) is 0.683. The van der Waals surface area contributed by atoms with Crippen LogP contribution in [0.25, 0.3) is 10.9 Å². The summed E-state index contributed by atoms with van der Waals surface area (Å²) >= 11 is 0. The van der Waals surface area contributed by atoms with Gasteiger partial charge < -0.3 is 19.0 Å². The molecule has 6 heteroatoms. The van der Waals surface area contributed by atoms with Gasteiger partial charge in [-0.25, -0.2) is 4.79 Å². The predicted molar refractivity (Wildman–Crippen MR) is 85.4 cm³/mol. The molecule has 0 saturated carbocycles. The third-order valence-electron chi connectivity index (χ3n) is 4.61. The summed E-state index contributed by atoms with van der Waals surface area (Å²) in [5.41, 5.74) is 1.37. The molecule has 5 nitrogen and oxygen atoms in total. The van der Waals surface area contributed by atoms with Crippen LogP contribution in [0, 0.1) is 0 Å². The van der Waals surface area contributed by atoms with E-state index in [-0.39, 0.29) is 0 Å². The average molecular weight is 301 g/mol. The van der Waals surface area contributed by atoms with Gasteiger partial charge in [0.1, 0.15) is 5.69 Å². The first-order chi connectivity index (χ1) is 10.2. The summed E-state index contributed by atoms with van der Waals surface area (Å²) in [4.78, 5) is 14.8. The van der Waals surface area contributed by atoms with Crippen LogP contribution in [0.2, 0.25) is 0 Å². The van der Waals surface area contributed by atoms with Crippen LogP contribution in [0.5, 0.6) is 0 Å². The van der Waals surface area contributed by atoms with Crippen molar-refractivity contribution in [1.82, 2.24) is 4.98 Å². The molecular weight excluding hydrogens is 281 g/mol. The van der Waals surface area contributed by atoms with Crippen molar-refractivity contribution in [1.29, 1.82) is 0 Å². The second-order valence-corrected chi connectivity index (χ2v) is 6.57. The van der Waals surface area contributed by atoms with Crippen LogP contribution < -0.4 is 5.46 Å². The molecule has 1 aliphatic rings. The molecule has 0 amide bonds. The highest BCUT2D eigenvalue weighted by atomic mass is 16.7. The fourth-order valence-corrected chi connectivity index (χ4v) is 2.57. The van der Waals surface area contributed by atoms with E-state index in [1.807, 2.05) is 45.9 Å². The lowest BCUT2D eigenvalue weighted by Gasteiger charge is -2.32. The molecule has 1 aromatic carbocycles. The van der Waals surface area contributed by atoms with Gasteiger partial charge in [0, 0.05) is 10.9 Å². The molecule has 0 unspecified atom stereocenters. The minimum Gasteiger partial charge on any atom is -0.464 e. The summed E-state index contributed by atoms with van der Waals surface area (Å²) in [6.45, 7) is 8.07. The molecule has 2 heterocycles. The Morgan fingerprint density at radius 2 is 1.82 bits per heavy atom. The fourth-order valence-electron chi connectivity index (χ4n) is 2.57. The van der Waals surface area contributed by atoms with Gasteiger partial charge in [-0.15, -0.1) is 0 Å². The van der Waals surface area contributed by atoms with E-state index < -0.39 is 24.3 Å². The molecule has 1 saturated heterocycles. The molecule has 0 bridgehead atoms. The summed E-state index contributed by atoms with van der Waals surface area (Å²) < 4.78 is 17.0.